The van der Waals surface area contributed by atoms with E-state index in [1.54, 1.807) is 0 Å². The van der Waals surface area contributed by atoms with Crippen molar-refractivity contribution in [3.05, 3.63) is 35.9 Å². The van der Waals surface area contributed by atoms with Gasteiger partial charge >= 0.3 is 0 Å². The maximum absolute atomic E-state index is 12.1. The third-order valence-electron chi connectivity index (χ3n) is 3.99. The van der Waals surface area contributed by atoms with Crippen molar-refractivity contribution < 1.29 is 9.90 Å². The molecule has 4 nitrogen and oxygen atoms in total. The van der Waals surface area contributed by atoms with Crippen molar-refractivity contribution in [2.45, 2.75) is 50.8 Å². The van der Waals surface area contributed by atoms with Crippen LogP contribution in [-0.4, -0.2) is 23.1 Å². The largest absolute Gasteiger partial charge is 0.388 e. The van der Waals surface area contributed by atoms with E-state index in [1.807, 2.05) is 37.3 Å². The number of hydrogen-bond acceptors (Lipinski definition) is 3. The molecule has 1 aromatic rings. The summed E-state index contributed by atoms with van der Waals surface area (Å²) in [6.07, 6.45) is 2.56. The molecule has 1 fully saturated rings. The van der Waals surface area contributed by atoms with Gasteiger partial charge in [-0.15, -0.1) is 12.4 Å². The summed E-state index contributed by atoms with van der Waals surface area (Å²) in [5.74, 6) is 0.118. The molecule has 0 spiro atoms. The molecule has 1 aliphatic rings. The molecule has 0 heterocycles. The summed E-state index contributed by atoms with van der Waals surface area (Å²) in [7, 11) is 0. The van der Waals surface area contributed by atoms with Crippen LogP contribution in [0.15, 0.2) is 30.3 Å². The van der Waals surface area contributed by atoms with Crippen molar-refractivity contribution >= 4 is 18.3 Å². The second-order valence-corrected chi connectivity index (χ2v) is 5.84. The van der Waals surface area contributed by atoms with Crippen molar-refractivity contribution in [1.29, 1.82) is 0 Å². The van der Waals surface area contributed by atoms with Gasteiger partial charge < -0.3 is 16.2 Å². The monoisotopic (exact) mass is 312 g/mol. The fraction of sp³-hybridized carbons (Fsp3) is 0.562. The minimum Gasteiger partial charge on any atom is -0.388 e. The van der Waals surface area contributed by atoms with Crippen LogP contribution in [0.2, 0.25) is 0 Å². The quantitative estimate of drug-likeness (QED) is 0.780. The maximum Gasteiger partial charge on any atom is 0.223 e. The van der Waals surface area contributed by atoms with Crippen LogP contribution in [0, 0.1) is 5.92 Å². The van der Waals surface area contributed by atoms with E-state index in [-0.39, 0.29) is 36.3 Å². The molecule has 0 aliphatic heterocycles. The number of nitrogens with one attached hydrogen (secondary N) is 1. The Morgan fingerprint density at radius 3 is 2.62 bits per heavy atom. The highest BCUT2D eigenvalue weighted by molar-refractivity contribution is 5.85. The van der Waals surface area contributed by atoms with Crippen LogP contribution in [-0.2, 0) is 4.79 Å². The van der Waals surface area contributed by atoms with Gasteiger partial charge in [0, 0.05) is 18.0 Å². The van der Waals surface area contributed by atoms with Gasteiger partial charge in [0.15, 0.2) is 0 Å². The summed E-state index contributed by atoms with van der Waals surface area (Å²) in [5.41, 5.74) is 6.72. The molecule has 4 atom stereocenters. The van der Waals surface area contributed by atoms with Crippen LogP contribution in [0.25, 0.3) is 0 Å². The summed E-state index contributed by atoms with van der Waals surface area (Å²) in [6.45, 7) is 1.93. The Kier molecular flexibility index (Phi) is 7.15. The third kappa shape index (κ3) is 5.30. The highest BCUT2D eigenvalue weighted by Crippen LogP contribution is 2.25. The topological polar surface area (TPSA) is 75.3 Å². The van der Waals surface area contributed by atoms with E-state index in [0.717, 1.165) is 24.8 Å². The molecule has 1 amide bonds. The van der Waals surface area contributed by atoms with Gasteiger partial charge in [-0.1, -0.05) is 30.3 Å². The summed E-state index contributed by atoms with van der Waals surface area (Å²) < 4.78 is 0. The first-order valence-electron chi connectivity index (χ1n) is 7.35. The molecule has 0 saturated heterocycles. The van der Waals surface area contributed by atoms with E-state index in [0.29, 0.717) is 6.42 Å². The predicted octanol–water partition coefficient (Wildman–Crippen LogP) is 2.16. The smallest absolute Gasteiger partial charge is 0.223 e. The van der Waals surface area contributed by atoms with Gasteiger partial charge in [-0.25, -0.2) is 0 Å². The lowest BCUT2D eigenvalue weighted by Crippen LogP contribution is -2.37. The predicted molar refractivity (Wildman–Crippen MR) is 86.2 cm³/mol. The number of aliphatic hydroxyl groups is 1. The molecule has 0 bridgehead atoms. The van der Waals surface area contributed by atoms with Crippen molar-refractivity contribution in [3.8, 4) is 0 Å². The van der Waals surface area contributed by atoms with Crippen LogP contribution in [0.3, 0.4) is 0 Å². The van der Waals surface area contributed by atoms with E-state index < -0.39 is 6.10 Å². The zero-order valence-electron chi connectivity index (χ0n) is 12.4. The molecular formula is C16H25ClN2O2. The Bertz CT molecular complexity index is 441. The highest BCUT2D eigenvalue weighted by atomic mass is 35.5. The van der Waals surface area contributed by atoms with Crippen molar-refractivity contribution in [3.63, 3.8) is 0 Å². The van der Waals surface area contributed by atoms with Gasteiger partial charge in [-0.05, 0) is 38.2 Å². The van der Waals surface area contributed by atoms with Crippen LogP contribution in [0.4, 0.5) is 0 Å². The molecule has 2 rings (SSSR count). The molecule has 1 saturated carbocycles. The number of hydrogen-bond donors (Lipinski definition) is 3. The molecule has 0 aromatic heterocycles. The fourth-order valence-electron chi connectivity index (χ4n) is 2.82. The first-order valence-corrected chi connectivity index (χ1v) is 7.35. The molecule has 118 valence electrons. The van der Waals surface area contributed by atoms with Crippen LogP contribution < -0.4 is 11.1 Å². The molecule has 1 aliphatic carbocycles. The average Bonchev–Trinajstić information content (AvgIpc) is 2.86. The fourth-order valence-corrected chi connectivity index (χ4v) is 2.82. The second-order valence-electron chi connectivity index (χ2n) is 5.84. The number of benzene rings is 1. The molecule has 4 N–H and O–H groups in total. The van der Waals surface area contributed by atoms with Gasteiger partial charge in [0.1, 0.15) is 0 Å². The molecular weight excluding hydrogens is 288 g/mol. The van der Waals surface area contributed by atoms with Crippen molar-refractivity contribution in [2.75, 3.05) is 0 Å². The summed E-state index contributed by atoms with van der Waals surface area (Å²) >= 11 is 0. The summed E-state index contributed by atoms with van der Waals surface area (Å²) in [6, 6.07) is 9.64. The minimum absolute atomic E-state index is 0. The zero-order valence-corrected chi connectivity index (χ0v) is 13.2. The van der Waals surface area contributed by atoms with Crippen LogP contribution >= 0.6 is 12.4 Å². The van der Waals surface area contributed by atoms with E-state index in [2.05, 4.69) is 5.32 Å². The molecule has 0 radical (unpaired) electrons. The SMILES string of the molecule is CC(CC(O)c1ccccc1)NC(=O)C1CCC(N)C1.Cl. The lowest BCUT2D eigenvalue weighted by Gasteiger charge is -2.20. The number of halogens is 1. The van der Waals surface area contributed by atoms with Crippen LogP contribution in [0.1, 0.15) is 44.3 Å². The van der Waals surface area contributed by atoms with Crippen LogP contribution in [0.5, 0.6) is 0 Å². The van der Waals surface area contributed by atoms with Crippen molar-refractivity contribution in [1.82, 2.24) is 5.32 Å². The van der Waals surface area contributed by atoms with E-state index in [1.165, 1.54) is 0 Å². The number of carbonyl (C=O) groups excluding carboxylic acids is 1. The molecule has 4 unspecified atom stereocenters. The summed E-state index contributed by atoms with van der Waals surface area (Å²) in [5, 5.41) is 13.1. The first kappa shape index (κ1) is 18.0. The lowest BCUT2D eigenvalue weighted by molar-refractivity contribution is -0.125. The van der Waals surface area contributed by atoms with Gasteiger partial charge in [0.05, 0.1) is 6.10 Å². The Hall–Kier alpha value is -1.10. The Balaban J connectivity index is 0.00000220. The molecule has 21 heavy (non-hydrogen) atoms. The Labute approximate surface area is 132 Å². The molecule has 5 heteroatoms. The Morgan fingerprint density at radius 2 is 2.05 bits per heavy atom. The zero-order chi connectivity index (χ0) is 14.5. The standard InChI is InChI=1S/C16H24N2O2.ClH/c1-11(9-15(19)12-5-3-2-4-6-12)18-16(20)13-7-8-14(17)10-13;/h2-6,11,13-15,19H,7-10,17H2,1H3,(H,18,20);1H. The van der Waals surface area contributed by atoms with E-state index in [4.69, 9.17) is 5.73 Å². The third-order valence-corrected chi connectivity index (χ3v) is 3.99. The number of rotatable bonds is 5. The minimum atomic E-state index is -0.544. The van der Waals surface area contributed by atoms with Gasteiger partial charge in [0.2, 0.25) is 5.91 Å². The van der Waals surface area contributed by atoms with Gasteiger partial charge in [-0.2, -0.15) is 0 Å². The first-order chi connectivity index (χ1) is 9.56. The highest BCUT2D eigenvalue weighted by Gasteiger charge is 2.28. The number of aliphatic hydroxyl groups excluding tert-OH is 1. The normalized spacial score (nSPS) is 24.0. The summed E-state index contributed by atoms with van der Waals surface area (Å²) in [4.78, 5) is 12.1. The maximum atomic E-state index is 12.1. The Morgan fingerprint density at radius 1 is 1.38 bits per heavy atom. The lowest BCUT2D eigenvalue weighted by atomic mass is 10.0. The van der Waals surface area contributed by atoms with E-state index >= 15 is 0 Å². The van der Waals surface area contributed by atoms with E-state index in [9.17, 15) is 9.90 Å². The number of carbonyl (C=O) groups is 1. The van der Waals surface area contributed by atoms with Gasteiger partial charge in [-0.3, -0.25) is 4.79 Å². The molecule has 1 aromatic carbocycles. The number of nitrogens with two attached hydrogens (primary N) is 1. The van der Waals surface area contributed by atoms with Gasteiger partial charge in [0.25, 0.3) is 0 Å². The number of amides is 1. The average molecular weight is 313 g/mol. The second kappa shape index (κ2) is 8.37. The van der Waals surface area contributed by atoms with Crippen molar-refractivity contribution in [2.24, 2.45) is 11.7 Å².